The molecule has 0 aliphatic heterocycles. The number of aromatic nitrogens is 1. The Bertz CT molecular complexity index is 960. The van der Waals surface area contributed by atoms with Gasteiger partial charge in [-0.1, -0.05) is 18.2 Å². The minimum atomic E-state index is -0.652. The molecular formula is C19H12BrF2NO2. The number of carbonyl (C=O) groups excluding carboxylic acids is 1. The highest BCUT2D eigenvalue weighted by Crippen LogP contribution is 2.34. The Hall–Kier alpha value is -2.60. The number of benzene rings is 2. The number of nitrogens with zero attached hydrogens (tertiary/aromatic N) is 1. The number of ether oxygens (including phenoxy) is 1. The van der Waals surface area contributed by atoms with Gasteiger partial charge in [0, 0.05) is 22.9 Å². The Balaban J connectivity index is 2.17. The summed E-state index contributed by atoms with van der Waals surface area (Å²) >= 11 is 3.10. The van der Waals surface area contributed by atoms with Crippen molar-refractivity contribution in [1.82, 2.24) is 4.98 Å². The molecule has 0 amide bonds. The lowest BCUT2D eigenvalue weighted by atomic mass is 10.0. The first-order chi connectivity index (χ1) is 12.1. The molecule has 3 aromatic rings. The number of hydrogen-bond acceptors (Lipinski definition) is 3. The van der Waals surface area contributed by atoms with Crippen LogP contribution in [0.1, 0.15) is 10.4 Å². The van der Waals surface area contributed by atoms with E-state index in [-0.39, 0.29) is 21.3 Å². The maximum absolute atomic E-state index is 15.0. The predicted molar refractivity (Wildman–Crippen MR) is 94.7 cm³/mol. The summed E-state index contributed by atoms with van der Waals surface area (Å²) in [6.45, 7) is 0. The van der Waals surface area contributed by atoms with Crippen LogP contribution in [0.15, 0.2) is 53.1 Å². The second kappa shape index (κ2) is 7.11. The van der Waals surface area contributed by atoms with Gasteiger partial charge in [-0.2, -0.15) is 0 Å². The first-order valence-corrected chi connectivity index (χ1v) is 8.08. The normalized spacial score (nSPS) is 10.6. The van der Waals surface area contributed by atoms with Gasteiger partial charge in [-0.15, -0.1) is 0 Å². The quantitative estimate of drug-likeness (QED) is 0.556. The molecule has 126 valence electrons. The van der Waals surface area contributed by atoms with E-state index in [9.17, 15) is 9.18 Å². The van der Waals surface area contributed by atoms with Crippen molar-refractivity contribution in [2.75, 3.05) is 7.11 Å². The van der Waals surface area contributed by atoms with Crippen LogP contribution < -0.4 is 4.74 Å². The van der Waals surface area contributed by atoms with E-state index < -0.39 is 11.6 Å². The van der Waals surface area contributed by atoms with Crippen LogP contribution >= 0.6 is 15.9 Å². The SMILES string of the molecule is COc1cc(-c2nccc(-c3cccc(Br)c3F)c2F)ccc1C=O. The summed E-state index contributed by atoms with van der Waals surface area (Å²) in [6.07, 6.45) is 2.06. The lowest BCUT2D eigenvalue weighted by Crippen LogP contribution is -1.97. The average Bonchev–Trinajstić information content (AvgIpc) is 2.64. The number of methoxy groups -OCH3 is 1. The summed E-state index contributed by atoms with van der Waals surface area (Å²) in [5.74, 6) is -0.888. The summed E-state index contributed by atoms with van der Waals surface area (Å²) in [5.41, 5.74) is 1.06. The van der Waals surface area contributed by atoms with Gasteiger partial charge in [0.05, 0.1) is 17.1 Å². The van der Waals surface area contributed by atoms with Crippen LogP contribution in [-0.2, 0) is 0 Å². The first-order valence-electron chi connectivity index (χ1n) is 7.29. The largest absolute Gasteiger partial charge is 0.496 e. The summed E-state index contributed by atoms with van der Waals surface area (Å²) in [6, 6.07) is 10.7. The van der Waals surface area contributed by atoms with E-state index in [1.54, 1.807) is 18.2 Å². The van der Waals surface area contributed by atoms with Crippen molar-refractivity contribution in [3.8, 4) is 28.1 Å². The van der Waals surface area contributed by atoms with Gasteiger partial charge in [0.1, 0.15) is 17.3 Å². The van der Waals surface area contributed by atoms with Crippen molar-refractivity contribution in [3.63, 3.8) is 0 Å². The van der Waals surface area contributed by atoms with Crippen molar-refractivity contribution < 1.29 is 18.3 Å². The van der Waals surface area contributed by atoms with E-state index in [1.807, 2.05) is 0 Å². The summed E-state index contributed by atoms with van der Waals surface area (Å²) in [5, 5.41) is 0. The molecule has 0 aliphatic rings. The fourth-order valence-electron chi connectivity index (χ4n) is 2.52. The molecule has 0 fully saturated rings. The number of hydrogen-bond donors (Lipinski definition) is 0. The van der Waals surface area contributed by atoms with Gasteiger partial charge in [-0.05, 0) is 40.2 Å². The molecule has 0 saturated heterocycles. The maximum Gasteiger partial charge on any atom is 0.157 e. The van der Waals surface area contributed by atoms with Crippen molar-refractivity contribution >= 4 is 22.2 Å². The first kappa shape index (κ1) is 17.2. The molecule has 1 aromatic heterocycles. The predicted octanol–water partition coefficient (Wildman–Crippen LogP) is 5.28. The summed E-state index contributed by atoms with van der Waals surface area (Å²) < 4.78 is 34.7. The van der Waals surface area contributed by atoms with Gasteiger partial charge in [-0.25, -0.2) is 8.78 Å². The van der Waals surface area contributed by atoms with Gasteiger partial charge < -0.3 is 4.74 Å². The van der Waals surface area contributed by atoms with Gasteiger partial charge in [0.25, 0.3) is 0 Å². The molecule has 6 heteroatoms. The third-order valence-electron chi connectivity index (χ3n) is 3.76. The average molecular weight is 404 g/mol. The Morgan fingerprint density at radius 3 is 2.56 bits per heavy atom. The minimum Gasteiger partial charge on any atom is -0.496 e. The zero-order valence-electron chi connectivity index (χ0n) is 13.1. The zero-order chi connectivity index (χ0) is 18.0. The smallest absolute Gasteiger partial charge is 0.157 e. The molecule has 25 heavy (non-hydrogen) atoms. The number of pyridine rings is 1. The summed E-state index contributed by atoms with van der Waals surface area (Å²) in [7, 11) is 1.42. The zero-order valence-corrected chi connectivity index (χ0v) is 14.7. The Morgan fingerprint density at radius 1 is 1.08 bits per heavy atom. The summed E-state index contributed by atoms with van der Waals surface area (Å²) in [4.78, 5) is 15.1. The third kappa shape index (κ3) is 3.17. The van der Waals surface area contributed by atoms with Gasteiger partial charge >= 0.3 is 0 Å². The Morgan fingerprint density at radius 2 is 1.84 bits per heavy atom. The van der Waals surface area contributed by atoms with Crippen molar-refractivity contribution in [2.45, 2.75) is 0 Å². The lowest BCUT2D eigenvalue weighted by molar-refractivity contribution is 0.112. The van der Waals surface area contributed by atoms with E-state index >= 15 is 4.39 Å². The fourth-order valence-corrected chi connectivity index (χ4v) is 2.89. The molecule has 0 bridgehead atoms. The van der Waals surface area contributed by atoms with Crippen molar-refractivity contribution in [1.29, 1.82) is 0 Å². The number of carbonyl (C=O) groups is 1. The van der Waals surface area contributed by atoms with E-state index in [1.165, 1.54) is 37.6 Å². The highest BCUT2D eigenvalue weighted by Gasteiger charge is 2.17. The van der Waals surface area contributed by atoms with Gasteiger partial charge in [-0.3, -0.25) is 9.78 Å². The highest BCUT2D eigenvalue weighted by molar-refractivity contribution is 9.10. The molecule has 2 aromatic carbocycles. The van der Waals surface area contributed by atoms with Gasteiger partial charge in [0.2, 0.25) is 0 Å². The molecule has 0 unspecified atom stereocenters. The molecule has 0 spiro atoms. The lowest BCUT2D eigenvalue weighted by Gasteiger charge is -2.11. The monoisotopic (exact) mass is 403 g/mol. The van der Waals surface area contributed by atoms with Crippen LogP contribution in [0.25, 0.3) is 22.4 Å². The molecule has 1 heterocycles. The number of rotatable bonds is 4. The van der Waals surface area contributed by atoms with Crippen molar-refractivity contribution in [2.24, 2.45) is 0 Å². The maximum atomic E-state index is 15.0. The Kier molecular flexibility index (Phi) is 4.90. The molecular weight excluding hydrogens is 392 g/mol. The van der Waals surface area contributed by atoms with Crippen LogP contribution in [0, 0.1) is 11.6 Å². The van der Waals surface area contributed by atoms with Gasteiger partial charge in [0.15, 0.2) is 12.1 Å². The molecule has 0 N–H and O–H groups in total. The van der Waals surface area contributed by atoms with Crippen LogP contribution in [0.4, 0.5) is 8.78 Å². The van der Waals surface area contributed by atoms with E-state index in [0.29, 0.717) is 23.2 Å². The molecule has 0 aliphatic carbocycles. The second-order valence-electron chi connectivity index (χ2n) is 5.20. The van der Waals surface area contributed by atoms with Crippen LogP contribution in [0.2, 0.25) is 0 Å². The van der Waals surface area contributed by atoms with Crippen LogP contribution in [0.5, 0.6) is 5.75 Å². The topological polar surface area (TPSA) is 39.2 Å². The van der Waals surface area contributed by atoms with E-state index in [2.05, 4.69) is 20.9 Å². The van der Waals surface area contributed by atoms with Crippen molar-refractivity contribution in [3.05, 3.63) is 70.3 Å². The van der Waals surface area contributed by atoms with E-state index in [4.69, 9.17) is 4.74 Å². The molecule has 3 rings (SSSR count). The second-order valence-corrected chi connectivity index (χ2v) is 6.05. The number of halogens is 3. The highest BCUT2D eigenvalue weighted by atomic mass is 79.9. The van der Waals surface area contributed by atoms with Crippen LogP contribution in [0.3, 0.4) is 0 Å². The van der Waals surface area contributed by atoms with E-state index in [0.717, 1.165) is 0 Å². The van der Waals surface area contributed by atoms with Crippen LogP contribution in [-0.4, -0.2) is 18.4 Å². The fraction of sp³-hybridized carbons (Fsp3) is 0.0526. The Labute approximate surface area is 151 Å². The molecule has 0 atom stereocenters. The third-order valence-corrected chi connectivity index (χ3v) is 4.38. The molecule has 3 nitrogen and oxygen atoms in total. The minimum absolute atomic E-state index is 0.0487. The standard InChI is InChI=1S/C19H12BrF2NO2/c1-25-16-9-11(5-6-12(16)10-24)19-18(22)14(7-8-23-19)13-3-2-4-15(20)17(13)21/h2-10H,1H3. The molecule has 0 saturated carbocycles. The number of aldehydes is 1. The molecule has 0 radical (unpaired) electrons.